The van der Waals surface area contributed by atoms with Crippen LogP contribution in [-0.4, -0.2) is 15.9 Å². The van der Waals surface area contributed by atoms with Crippen molar-refractivity contribution in [3.05, 3.63) is 76.1 Å². The molecule has 0 saturated heterocycles. The minimum Gasteiger partial charge on any atom is -0.454 e. The van der Waals surface area contributed by atoms with Gasteiger partial charge in [-0.05, 0) is 49.6 Å². The van der Waals surface area contributed by atoms with Crippen LogP contribution in [0.2, 0.25) is 0 Å². The molecule has 28 heavy (non-hydrogen) atoms. The molecule has 5 nitrogen and oxygen atoms in total. The number of aromatic nitrogens is 2. The van der Waals surface area contributed by atoms with Crippen LogP contribution in [0.5, 0.6) is 0 Å². The van der Waals surface area contributed by atoms with Crippen molar-refractivity contribution in [1.82, 2.24) is 9.97 Å². The maximum Gasteiger partial charge on any atom is 0.317 e. The molecule has 1 heterocycles. The Morgan fingerprint density at radius 1 is 1.14 bits per heavy atom. The van der Waals surface area contributed by atoms with Crippen molar-refractivity contribution in [3.63, 3.8) is 0 Å². The quantitative estimate of drug-likeness (QED) is 0.689. The molecule has 144 valence electrons. The predicted octanol–water partition coefficient (Wildman–Crippen LogP) is 4.18. The average molecular weight is 380 g/mol. The third-order valence-corrected chi connectivity index (χ3v) is 5.54. The highest BCUT2D eigenvalue weighted by molar-refractivity contribution is 5.84. The number of nitrogens with zero attached hydrogens (tertiary/aromatic N) is 1. The summed E-state index contributed by atoms with van der Waals surface area (Å²) in [7, 11) is 0. The van der Waals surface area contributed by atoms with Gasteiger partial charge in [0.05, 0.1) is 16.3 Å². The van der Waals surface area contributed by atoms with Gasteiger partial charge < -0.3 is 9.72 Å². The van der Waals surface area contributed by atoms with Gasteiger partial charge in [0.25, 0.3) is 5.56 Å². The van der Waals surface area contributed by atoms with Crippen LogP contribution in [0.4, 0.5) is 4.39 Å². The Balaban J connectivity index is 1.63. The van der Waals surface area contributed by atoms with Gasteiger partial charge in [-0.2, -0.15) is 0 Å². The number of nitrogens with one attached hydrogen (secondary N) is 1. The fourth-order valence-electron chi connectivity index (χ4n) is 3.98. The molecule has 1 atom stereocenters. The molecule has 0 bridgehead atoms. The van der Waals surface area contributed by atoms with Gasteiger partial charge in [0, 0.05) is 0 Å². The second kappa shape index (κ2) is 7.19. The Kier molecular flexibility index (Phi) is 4.71. The molecule has 1 saturated carbocycles. The Labute approximate surface area is 161 Å². The zero-order valence-electron chi connectivity index (χ0n) is 15.6. The topological polar surface area (TPSA) is 72.0 Å². The lowest BCUT2D eigenvalue weighted by atomic mass is 9.79. The van der Waals surface area contributed by atoms with Crippen LogP contribution < -0.4 is 5.56 Å². The molecule has 0 radical (unpaired) electrons. The van der Waals surface area contributed by atoms with E-state index in [0.29, 0.717) is 29.6 Å². The van der Waals surface area contributed by atoms with Crippen molar-refractivity contribution in [2.75, 3.05) is 0 Å². The Morgan fingerprint density at radius 3 is 2.54 bits per heavy atom. The molecule has 2 aromatic carbocycles. The largest absolute Gasteiger partial charge is 0.454 e. The second-order valence-corrected chi connectivity index (χ2v) is 7.31. The number of esters is 1. The number of rotatable bonds is 4. The normalized spacial score (nSPS) is 16.8. The fourth-order valence-corrected chi connectivity index (χ4v) is 3.98. The van der Waals surface area contributed by atoms with E-state index in [2.05, 4.69) is 9.97 Å². The second-order valence-electron chi connectivity index (χ2n) is 7.31. The van der Waals surface area contributed by atoms with E-state index in [4.69, 9.17) is 4.74 Å². The maximum atomic E-state index is 13.3. The molecule has 4 rings (SSSR count). The van der Waals surface area contributed by atoms with Crippen molar-refractivity contribution in [1.29, 1.82) is 0 Å². The summed E-state index contributed by atoms with van der Waals surface area (Å²) in [5, 5.41) is 0.489. The molecule has 1 aliphatic rings. The van der Waals surface area contributed by atoms with E-state index in [1.54, 1.807) is 43.3 Å². The maximum absolute atomic E-state index is 13.3. The first-order valence-corrected chi connectivity index (χ1v) is 9.46. The van der Waals surface area contributed by atoms with Crippen LogP contribution in [0.15, 0.2) is 53.3 Å². The van der Waals surface area contributed by atoms with E-state index in [1.165, 1.54) is 12.1 Å². The number of benzene rings is 2. The van der Waals surface area contributed by atoms with Crippen LogP contribution in [-0.2, 0) is 14.9 Å². The van der Waals surface area contributed by atoms with Gasteiger partial charge in [-0.1, -0.05) is 37.1 Å². The van der Waals surface area contributed by atoms with Gasteiger partial charge in [0.15, 0.2) is 11.9 Å². The number of carbonyl (C=O) groups excluding carboxylic acids is 1. The molecule has 6 heteroatoms. The molecule has 0 aliphatic heterocycles. The summed E-state index contributed by atoms with van der Waals surface area (Å²) in [6.07, 6.45) is 2.43. The summed E-state index contributed by atoms with van der Waals surface area (Å²) in [6.45, 7) is 1.69. The molecule has 0 unspecified atom stereocenters. The number of carbonyl (C=O) groups is 1. The van der Waals surface area contributed by atoms with Crippen LogP contribution in [0.25, 0.3) is 10.9 Å². The fraction of sp³-hybridized carbons (Fsp3) is 0.318. The Morgan fingerprint density at radius 2 is 1.82 bits per heavy atom. The zero-order valence-corrected chi connectivity index (χ0v) is 15.6. The summed E-state index contributed by atoms with van der Waals surface area (Å²) in [6, 6.07) is 13.1. The van der Waals surface area contributed by atoms with E-state index in [9.17, 15) is 14.0 Å². The summed E-state index contributed by atoms with van der Waals surface area (Å²) in [5.74, 6) is -0.388. The van der Waals surface area contributed by atoms with Crippen molar-refractivity contribution in [2.24, 2.45) is 0 Å². The number of aromatic amines is 1. The molecule has 0 spiro atoms. The lowest BCUT2D eigenvalue weighted by molar-refractivity contribution is -0.156. The molecule has 3 aromatic rings. The molecule has 1 N–H and O–H groups in total. The summed E-state index contributed by atoms with van der Waals surface area (Å²) in [5.41, 5.74) is 0.276. The number of hydrogen-bond donors (Lipinski definition) is 1. The lowest BCUT2D eigenvalue weighted by Gasteiger charge is -2.28. The zero-order chi connectivity index (χ0) is 19.7. The standard InChI is InChI=1S/C22H21FN2O3/c1-14(19-24-18-7-3-2-6-17(18)20(26)25-19)28-21(27)22(12-4-5-13-22)15-8-10-16(23)11-9-15/h2-3,6-11,14H,4-5,12-13H2,1H3,(H,24,25,26)/t14-/m1/s1. The number of hydrogen-bond acceptors (Lipinski definition) is 4. The lowest BCUT2D eigenvalue weighted by Crippen LogP contribution is -2.35. The molecule has 1 aliphatic carbocycles. The van der Waals surface area contributed by atoms with E-state index >= 15 is 0 Å². The third-order valence-electron chi connectivity index (χ3n) is 5.54. The molecular weight excluding hydrogens is 359 g/mol. The smallest absolute Gasteiger partial charge is 0.317 e. The van der Waals surface area contributed by atoms with E-state index < -0.39 is 11.5 Å². The predicted molar refractivity (Wildman–Crippen MR) is 103 cm³/mol. The summed E-state index contributed by atoms with van der Waals surface area (Å²) >= 11 is 0. The van der Waals surface area contributed by atoms with Crippen molar-refractivity contribution >= 4 is 16.9 Å². The first-order valence-electron chi connectivity index (χ1n) is 9.46. The monoisotopic (exact) mass is 380 g/mol. The van der Waals surface area contributed by atoms with Crippen LogP contribution in [0.3, 0.4) is 0 Å². The Hall–Kier alpha value is -3.02. The first kappa shape index (κ1) is 18.3. The number of halogens is 1. The van der Waals surface area contributed by atoms with Gasteiger partial charge in [-0.25, -0.2) is 9.37 Å². The highest BCUT2D eigenvalue weighted by Crippen LogP contribution is 2.43. The SMILES string of the molecule is C[C@@H](OC(=O)C1(c2ccc(F)cc2)CCCC1)c1nc2ccccc2c(=O)[nH]1. The summed E-state index contributed by atoms with van der Waals surface area (Å²) in [4.78, 5) is 32.6. The number of para-hydroxylation sites is 1. The number of fused-ring (bicyclic) bond motifs is 1. The minimum absolute atomic E-state index is 0.266. The summed E-state index contributed by atoms with van der Waals surface area (Å²) < 4.78 is 19.1. The van der Waals surface area contributed by atoms with Crippen molar-refractivity contribution < 1.29 is 13.9 Å². The van der Waals surface area contributed by atoms with Gasteiger partial charge in [0.1, 0.15) is 5.82 Å². The first-order chi connectivity index (χ1) is 13.5. The van der Waals surface area contributed by atoms with Crippen molar-refractivity contribution in [2.45, 2.75) is 44.1 Å². The van der Waals surface area contributed by atoms with Crippen molar-refractivity contribution in [3.8, 4) is 0 Å². The highest BCUT2D eigenvalue weighted by Gasteiger charge is 2.45. The van der Waals surface area contributed by atoms with Gasteiger partial charge >= 0.3 is 5.97 Å². The number of ether oxygens (including phenoxy) is 1. The van der Waals surface area contributed by atoms with E-state index in [-0.39, 0.29) is 17.3 Å². The highest BCUT2D eigenvalue weighted by atomic mass is 19.1. The molecule has 1 aromatic heterocycles. The van der Waals surface area contributed by atoms with Crippen LogP contribution in [0, 0.1) is 5.82 Å². The van der Waals surface area contributed by atoms with Gasteiger partial charge in [-0.15, -0.1) is 0 Å². The van der Waals surface area contributed by atoms with E-state index in [1.807, 2.05) is 0 Å². The molecular formula is C22H21FN2O3. The molecule has 1 fully saturated rings. The Bertz CT molecular complexity index is 1070. The van der Waals surface area contributed by atoms with Gasteiger partial charge in [-0.3, -0.25) is 9.59 Å². The number of H-pyrrole nitrogens is 1. The van der Waals surface area contributed by atoms with E-state index in [0.717, 1.165) is 18.4 Å². The van der Waals surface area contributed by atoms with Gasteiger partial charge in [0.2, 0.25) is 0 Å². The average Bonchev–Trinajstić information content (AvgIpc) is 3.19. The molecule has 0 amide bonds. The van der Waals surface area contributed by atoms with Crippen LogP contribution in [0.1, 0.15) is 50.1 Å². The van der Waals surface area contributed by atoms with Crippen LogP contribution >= 0.6 is 0 Å². The third kappa shape index (κ3) is 3.19. The minimum atomic E-state index is -0.779.